The monoisotopic (exact) mass is 514 g/mol. The number of aliphatic hydroxyl groups is 8. The Kier molecular flexibility index (Phi) is 6.30. The van der Waals surface area contributed by atoms with Gasteiger partial charge < -0.3 is 50.3 Å². The van der Waals surface area contributed by atoms with Crippen LogP contribution < -0.4 is 0 Å². The molecular formula is C26H42O10. The van der Waals surface area contributed by atoms with Gasteiger partial charge in [-0.2, -0.15) is 0 Å². The van der Waals surface area contributed by atoms with E-state index < -0.39 is 83.6 Å². The van der Waals surface area contributed by atoms with Gasteiger partial charge in [-0.25, -0.2) is 0 Å². The lowest BCUT2D eigenvalue weighted by molar-refractivity contribution is -0.325. The third kappa shape index (κ3) is 3.40. The predicted molar refractivity (Wildman–Crippen MR) is 125 cm³/mol. The summed E-state index contributed by atoms with van der Waals surface area (Å²) in [7, 11) is 0. The minimum atomic E-state index is -1.83. The van der Waals surface area contributed by atoms with Gasteiger partial charge in [-0.3, -0.25) is 0 Å². The third-order valence-corrected chi connectivity index (χ3v) is 10.7. The van der Waals surface area contributed by atoms with Crippen LogP contribution in [-0.4, -0.2) is 108 Å². The second kappa shape index (κ2) is 8.42. The quantitative estimate of drug-likeness (QED) is 0.213. The molecule has 36 heavy (non-hydrogen) atoms. The Morgan fingerprint density at radius 1 is 0.944 bits per heavy atom. The molecule has 2 bridgehead atoms. The van der Waals surface area contributed by atoms with Crippen LogP contribution in [0.2, 0.25) is 0 Å². The highest BCUT2D eigenvalue weighted by molar-refractivity contribution is 5.32. The molecule has 14 atom stereocenters. The van der Waals surface area contributed by atoms with Crippen LogP contribution >= 0.6 is 0 Å². The summed E-state index contributed by atoms with van der Waals surface area (Å²) < 4.78 is 11.5. The highest BCUT2D eigenvalue weighted by atomic mass is 16.7. The maximum absolute atomic E-state index is 12.2. The highest BCUT2D eigenvalue weighted by Crippen LogP contribution is 2.69. The summed E-state index contributed by atoms with van der Waals surface area (Å²) in [5.74, 6) is -0.932. The van der Waals surface area contributed by atoms with Gasteiger partial charge in [0.25, 0.3) is 0 Å². The molecule has 8 N–H and O–H groups in total. The van der Waals surface area contributed by atoms with Crippen LogP contribution in [0.4, 0.5) is 0 Å². The maximum atomic E-state index is 12.2. The van der Waals surface area contributed by atoms with Crippen molar-refractivity contribution >= 4 is 0 Å². The molecule has 1 saturated heterocycles. The van der Waals surface area contributed by atoms with Gasteiger partial charge >= 0.3 is 0 Å². The second-order valence-corrected chi connectivity index (χ2v) is 13.0. The van der Waals surface area contributed by atoms with E-state index >= 15 is 0 Å². The second-order valence-electron chi connectivity index (χ2n) is 13.0. The highest BCUT2D eigenvalue weighted by Gasteiger charge is 2.73. The number of rotatable bonds is 3. The van der Waals surface area contributed by atoms with E-state index in [2.05, 4.69) is 6.58 Å². The van der Waals surface area contributed by atoms with E-state index in [0.29, 0.717) is 12.0 Å². The Balaban J connectivity index is 1.48. The molecule has 0 aromatic heterocycles. The third-order valence-electron chi connectivity index (χ3n) is 10.7. The van der Waals surface area contributed by atoms with E-state index in [9.17, 15) is 40.9 Å². The van der Waals surface area contributed by atoms with Gasteiger partial charge in [-0.1, -0.05) is 26.0 Å². The van der Waals surface area contributed by atoms with E-state index in [4.69, 9.17) is 9.47 Å². The van der Waals surface area contributed by atoms with Gasteiger partial charge in [0.15, 0.2) is 6.29 Å². The molecule has 206 valence electrons. The van der Waals surface area contributed by atoms with Gasteiger partial charge in [0.1, 0.15) is 30.0 Å². The van der Waals surface area contributed by atoms with Crippen LogP contribution in [0.25, 0.3) is 0 Å². The van der Waals surface area contributed by atoms with Crippen molar-refractivity contribution in [3.05, 3.63) is 12.2 Å². The van der Waals surface area contributed by atoms with Crippen LogP contribution in [0.1, 0.15) is 52.9 Å². The summed E-state index contributed by atoms with van der Waals surface area (Å²) >= 11 is 0. The molecule has 10 heteroatoms. The molecule has 0 amide bonds. The van der Waals surface area contributed by atoms with Crippen LogP contribution in [-0.2, 0) is 9.47 Å². The van der Waals surface area contributed by atoms with Crippen molar-refractivity contribution < 1.29 is 50.3 Å². The van der Waals surface area contributed by atoms with Crippen LogP contribution in [0.15, 0.2) is 12.2 Å². The standard InChI is InChI=1S/C26H42O10/c1-11-13-6-5-12-7-25(13,10-24(12,4)33)8-15(28)26(34)16(11)18(30)21(23(26,2)3)36-22-20(32)19(31)17(29)14(9-27)35-22/h12-22,27-34H,1,5-10H2,2-4H3. The van der Waals surface area contributed by atoms with Gasteiger partial charge in [0.05, 0.1) is 30.5 Å². The summed E-state index contributed by atoms with van der Waals surface area (Å²) in [5.41, 5.74) is -3.75. The SMILES string of the molecule is C=C1C2CCC3CC2(CC(O)C2(O)C1C(O)C(OC1OC(CO)C(O)C(O)C1O)C2(C)C)CC3(C)O. The summed E-state index contributed by atoms with van der Waals surface area (Å²) in [4.78, 5) is 0. The number of aliphatic hydroxyl groups excluding tert-OH is 6. The topological polar surface area (TPSA) is 180 Å². The maximum Gasteiger partial charge on any atom is 0.187 e. The van der Waals surface area contributed by atoms with Gasteiger partial charge in [0, 0.05) is 11.3 Å². The smallest absolute Gasteiger partial charge is 0.187 e. The average Bonchev–Trinajstić information content (AvgIpc) is 3.05. The predicted octanol–water partition coefficient (Wildman–Crippen LogP) is -1.20. The molecule has 5 fully saturated rings. The fourth-order valence-corrected chi connectivity index (χ4v) is 8.83. The first-order chi connectivity index (χ1) is 16.6. The Morgan fingerprint density at radius 2 is 1.61 bits per heavy atom. The molecule has 1 heterocycles. The first kappa shape index (κ1) is 26.9. The summed E-state index contributed by atoms with van der Waals surface area (Å²) in [6.45, 7) is 8.90. The molecule has 14 unspecified atom stereocenters. The summed E-state index contributed by atoms with van der Waals surface area (Å²) in [6, 6.07) is 0. The number of fused-ring (bicyclic) bond motifs is 2. The first-order valence-corrected chi connectivity index (χ1v) is 13.1. The Hall–Kier alpha value is -0.660. The molecule has 1 aliphatic heterocycles. The van der Waals surface area contributed by atoms with Crippen molar-refractivity contribution in [2.24, 2.45) is 28.6 Å². The fraction of sp³-hybridized carbons (Fsp3) is 0.923. The molecule has 0 aromatic rings. The molecule has 0 radical (unpaired) electrons. The number of hydrogen-bond donors (Lipinski definition) is 8. The molecule has 5 aliphatic rings. The normalized spacial score (nSPS) is 58.3. The Morgan fingerprint density at radius 3 is 2.25 bits per heavy atom. The van der Waals surface area contributed by atoms with Crippen molar-refractivity contribution in [1.82, 2.24) is 0 Å². The van der Waals surface area contributed by atoms with Gasteiger partial charge in [-0.15, -0.1) is 0 Å². The van der Waals surface area contributed by atoms with Crippen molar-refractivity contribution in [2.45, 2.75) is 113 Å². The van der Waals surface area contributed by atoms with Gasteiger partial charge in [0.2, 0.25) is 0 Å². The lowest BCUT2D eigenvalue weighted by atomic mass is 9.62. The van der Waals surface area contributed by atoms with Crippen molar-refractivity contribution in [3.8, 4) is 0 Å². The molecule has 4 aliphatic carbocycles. The van der Waals surface area contributed by atoms with Crippen LogP contribution in [0.3, 0.4) is 0 Å². The van der Waals surface area contributed by atoms with Crippen molar-refractivity contribution in [1.29, 1.82) is 0 Å². The van der Waals surface area contributed by atoms with Crippen LogP contribution in [0, 0.1) is 28.6 Å². The van der Waals surface area contributed by atoms with Crippen molar-refractivity contribution in [2.75, 3.05) is 6.61 Å². The van der Waals surface area contributed by atoms with E-state index in [-0.39, 0.29) is 18.3 Å². The zero-order valence-corrected chi connectivity index (χ0v) is 21.2. The number of hydrogen-bond acceptors (Lipinski definition) is 10. The first-order valence-electron chi connectivity index (χ1n) is 13.1. The zero-order valence-electron chi connectivity index (χ0n) is 21.2. The molecular weight excluding hydrogens is 472 g/mol. The molecule has 4 saturated carbocycles. The zero-order chi connectivity index (χ0) is 26.6. The van der Waals surface area contributed by atoms with E-state index in [1.54, 1.807) is 13.8 Å². The lowest BCUT2D eigenvalue weighted by Crippen LogP contribution is -2.61. The Labute approximate surface area is 211 Å². The van der Waals surface area contributed by atoms with Crippen LogP contribution in [0.5, 0.6) is 0 Å². The minimum Gasteiger partial charge on any atom is -0.394 e. The molecule has 0 aromatic carbocycles. The average molecular weight is 515 g/mol. The minimum absolute atomic E-state index is 0.104. The Bertz CT molecular complexity index is 890. The summed E-state index contributed by atoms with van der Waals surface area (Å²) in [6.07, 6.45) is -8.26. The molecule has 5 rings (SSSR count). The number of ether oxygens (including phenoxy) is 2. The molecule has 10 nitrogen and oxygen atoms in total. The fourth-order valence-electron chi connectivity index (χ4n) is 8.83. The van der Waals surface area contributed by atoms with E-state index in [1.807, 2.05) is 6.92 Å². The van der Waals surface area contributed by atoms with E-state index in [0.717, 1.165) is 19.3 Å². The lowest BCUT2D eigenvalue weighted by Gasteiger charge is -2.47. The summed E-state index contributed by atoms with van der Waals surface area (Å²) in [5, 5.41) is 86.9. The van der Waals surface area contributed by atoms with Crippen molar-refractivity contribution in [3.63, 3.8) is 0 Å². The van der Waals surface area contributed by atoms with Gasteiger partial charge in [-0.05, 0) is 56.3 Å². The van der Waals surface area contributed by atoms with E-state index in [1.165, 1.54) is 0 Å². The molecule has 1 spiro atoms. The largest absolute Gasteiger partial charge is 0.394 e.